The highest BCUT2D eigenvalue weighted by Gasteiger charge is 2.33. The van der Waals surface area contributed by atoms with Gasteiger partial charge in [-0.1, -0.05) is 0 Å². The lowest BCUT2D eigenvalue weighted by Crippen LogP contribution is -2.35. The standard InChI is InChI=1S/C13H16FNO3/c1-18-7-6-15(10-3-4-10)13(17)11-5-2-9(14)8-12(11)16/h2,5,8,10,16H,3-4,6-7H2,1H3. The van der Waals surface area contributed by atoms with Gasteiger partial charge >= 0.3 is 0 Å². The van der Waals surface area contributed by atoms with Crippen LogP contribution in [0.4, 0.5) is 4.39 Å². The number of carbonyl (C=O) groups is 1. The second-order valence-electron chi connectivity index (χ2n) is 4.38. The van der Waals surface area contributed by atoms with Crippen molar-refractivity contribution in [2.24, 2.45) is 0 Å². The number of ether oxygens (including phenoxy) is 1. The quantitative estimate of drug-likeness (QED) is 0.870. The third kappa shape index (κ3) is 2.79. The average molecular weight is 253 g/mol. The zero-order chi connectivity index (χ0) is 13.1. The first-order valence-electron chi connectivity index (χ1n) is 5.92. The fourth-order valence-corrected chi connectivity index (χ4v) is 1.87. The molecule has 2 rings (SSSR count). The Balaban J connectivity index is 2.16. The van der Waals surface area contributed by atoms with Gasteiger partial charge in [0, 0.05) is 25.8 Å². The maximum Gasteiger partial charge on any atom is 0.257 e. The normalized spacial score (nSPS) is 14.6. The Kier molecular flexibility index (Phi) is 3.81. The van der Waals surface area contributed by atoms with E-state index in [0.717, 1.165) is 18.9 Å². The second-order valence-corrected chi connectivity index (χ2v) is 4.38. The van der Waals surface area contributed by atoms with E-state index in [4.69, 9.17) is 4.74 Å². The second kappa shape index (κ2) is 5.35. The van der Waals surface area contributed by atoms with Gasteiger partial charge in [-0.3, -0.25) is 4.79 Å². The van der Waals surface area contributed by atoms with Crippen molar-refractivity contribution in [2.75, 3.05) is 20.3 Å². The molecule has 0 unspecified atom stereocenters. The largest absolute Gasteiger partial charge is 0.507 e. The van der Waals surface area contributed by atoms with Crippen LogP contribution in [0.25, 0.3) is 0 Å². The molecule has 4 nitrogen and oxygen atoms in total. The van der Waals surface area contributed by atoms with Crippen molar-refractivity contribution in [1.82, 2.24) is 4.90 Å². The summed E-state index contributed by atoms with van der Waals surface area (Å²) in [5, 5.41) is 9.62. The fraction of sp³-hybridized carbons (Fsp3) is 0.462. The lowest BCUT2D eigenvalue weighted by atomic mass is 10.1. The van der Waals surface area contributed by atoms with Crippen molar-refractivity contribution in [2.45, 2.75) is 18.9 Å². The molecule has 1 aromatic rings. The lowest BCUT2D eigenvalue weighted by Gasteiger charge is -2.22. The summed E-state index contributed by atoms with van der Waals surface area (Å²) in [6, 6.07) is 3.66. The monoisotopic (exact) mass is 253 g/mol. The van der Waals surface area contributed by atoms with Crippen molar-refractivity contribution in [1.29, 1.82) is 0 Å². The Morgan fingerprint density at radius 1 is 1.56 bits per heavy atom. The molecule has 0 heterocycles. The first kappa shape index (κ1) is 12.8. The molecule has 1 aliphatic rings. The van der Waals surface area contributed by atoms with Crippen LogP contribution in [0.1, 0.15) is 23.2 Å². The van der Waals surface area contributed by atoms with E-state index >= 15 is 0 Å². The van der Waals surface area contributed by atoms with E-state index in [9.17, 15) is 14.3 Å². The molecule has 1 amide bonds. The molecule has 5 heteroatoms. The number of aromatic hydroxyl groups is 1. The average Bonchev–Trinajstić information content (AvgIpc) is 3.13. The summed E-state index contributed by atoms with van der Waals surface area (Å²) in [7, 11) is 1.57. The zero-order valence-corrected chi connectivity index (χ0v) is 10.2. The van der Waals surface area contributed by atoms with E-state index in [1.54, 1.807) is 12.0 Å². The predicted octanol–water partition coefficient (Wildman–Crippen LogP) is 1.78. The van der Waals surface area contributed by atoms with Crippen LogP contribution < -0.4 is 0 Å². The third-order valence-electron chi connectivity index (χ3n) is 2.98. The number of halogens is 1. The molecule has 0 radical (unpaired) electrons. The Morgan fingerprint density at radius 2 is 2.28 bits per heavy atom. The Morgan fingerprint density at radius 3 is 2.83 bits per heavy atom. The van der Waals surface area contributed by atoms with Crippen molar-refractivity contribution < 1.29 is 19.0 Å². The topological polar surface area (TPSA) is 49.8 Å². The molecule has 1 saturated carbocycles. The SMILES string of the molecule is COCCN(C(=O)c1ccc(F)cc1O)C1CC1. The van der Waals surface area contributed by atoms with Crippen LogP contribution in [0.15, 0.2) is 18.2 Å². The minimum Gasteiger partial charge on any atom is -0.507 e. The number of amides is 1. The number of carbonyl (C=O) groups excluding carboxylic acids is 1. The number of rotatable bonds is 5. The molecule has 0 aromatic heterocycles. The van der Waals surface area contributed by atoms with Gasteiger partial charge in [0.05, 0.1) is 12.2 Å². The number of benzene rings is 1. The number of nitrogens with zero attached hydrogens (tertiary/aromatic N) is 1. The van der Waals surface area contributed by atoms with Crippen LogP contribution in [0.5, 0.6) is 5.75 Å². The Bertz CT molecular complexity index is 446. The summed E-state index contributed by atoms with van der Waals surface area (Å²) in [6.45, 7) is 0.932. The number of phenols is 1. The molecule has 0 saturated heterocycles. The first-order valence-corrected chi connectivity index (χ1v) is 5.92. The molecule has 98 valence electrons. The highest BCUT2D eigenvalue weighted by molar-refractivity contribution is 5.97. The van der Waals surface area contributed by atoms with Crippen molar-refractivity contribution in [3.05, 3.63) is 29.6 Å². The van der Waals surface area contributed by atoms with Crippen molar-refractivity contribution in [3.63, 3.8) is 0 Å². The zero-order valence-electron chi connectivity index (χ0n) is 10.2. The summed E-state index contributed by atoms with van der Waals surface area (Å²) in [5.41, 5.74) is 0.138. The van der Waals surface area contributed by atoms with E-state index in [1.807, 2.05) is 0 Å². The van der Waals surface area contributed by atoms with Crippen LogP contribution in [-0.4, -0.2) is 42.2 Å². The van der Waals surface area contributed by atoms with Gasteiger partial charge in [0.2, 0.25) is 0 Å². The fourth-order valence-electron chi connectivity index (χ4n) is 1.87. The van der Waals surface area contributed by atoms with Gasteiger partial charge in [-0.25, -0.2) is 4.39 Å². The van der Waals surface area contributed by atoms with Gasteiger partial charge in [-0.2, -0.15) is 0 Å². The third-order valence-corrected chi connectivity index (χ3v) is 2.98. The molecule has 0 aliphatic heterocycles. The summed E-state index contributed by atoms with van der Waals surface area (Å²) >= 11 is 0. The minimum absolute atomic E-state index is 0.138. The number of hydrogen-bond acceptors (Lipinski definition) is 3. The highest BCUT2D eigenvalue weighted by Crippen LogP contribution is 2.30. The molecule has 0 spiro atoms. The van der Waals surface area contributed by atoms with Gasteiger partial charge in [-0.15, -0.1) is 0 Å². The molecular formula is C13H16FNO3. The summed E-state index contributed by atoms with van der Waals surface area (Å²) in [5.74, 6) is -1.14. The predicted molar refractivity (Wildman–Crippen MR) is 64.0 cm³/mol. The molecule has 1 aromatic carbocycles. The lowest BCUT2D eigenvalue weighted by molar-refractivity contribution is 0.0677. The maximum atomic E-state index is 12.9. The molecule has 0 atom stereocenters. The van der Waals surface area contributed by atoms with Crippen LogP contribution >= 0.6 is 0 Å². The molecule has 1 aliphatic carbocycles. The van der Waals surface area contributed by atoms with E-state index in [0.29, 0.717) is 13.2 Å². The van der Waals surface area contributed by atoms with E-state index in [-0.39, 0.29) is 23.3 Å². The first-order chi connectivity index (χ1) is 8.63. The Labute approximate surface area is 105 Å². The summed E-state index contributed by atoms with van der Waals surface area (Å²) in [6.07, 6.45) is 1.94. The molecule has 1 N–H and O–H groups in total. The van der Waals surface area contributed by atoms with E-state index < -0.39 is 5.82 Å². The van der Waals surface area contributed by atoms with Gasteiger partial charge in [-0.05, 0) is 25.0 Å². The molecule has 18 heavy (non-hydrogen) atoms. The summed E-state index contributed by atoms with van der Waals surface area (Å²) < 4.78 is 17.8. The van der Waals surface area contributed by atoms with Gasteiger partial charge in [0.25, 0.3) is 5.91 Å². The van der Waals surface area contributed by atoms with Crippen LogP contribution in [0, 0.1) is 5.82 Å². The number of phenolic OH excluding ortho intramolecular Hbond substituents is 1. The summed E-state index contributed by atoms with van der Waals surface area (Å²) in [4.78, 5) is 13.9. The number of hydrogen-bond donors (Lipinski definition) is 1. The smallest absolute Gasteiger partial charge is 0.257 e. The molecule has 0 bridgehead atoms. The van der Waals surface area contributed by atoms with Crippen LogP contribution in [-0.2, 0) is 4.74 Å². The van der Waals surface area contributed by atoms with Gasteiger partial charge in [0.1, 0.15) is 11.6 Å². The molecule has 1 fully saturated rings. The maximum absolute atomic E-state index is 12.9. The Hall–Kier alpha value is -1.62. The van der Waals surface area contributed by atoms with Gasteiger partial charge < -0.3 is 14.7 Å². The van der Waals surface area contributed by atoms with Crippen molar-refractivity contribution >= 4 is 5.91 Å². The highest BCUT2D eigenvalue weighted by atomic mass is 19.1. The van der Waals surface area contributed by atoms with E-state index in [2.05, 4.69) is 0 Å². The minimum atomic E-state index is -0.557. The van der Waals surface area contributed by atoms with E-state index in [1.165, 1.54) is 12.1 Å². The number of methoxy groups -OCH3 is 1. The molecular weight excluding hydrogens is 237 g/mol. The van der Waals surface area contributed by atoms with Gasteiger partial charge in [0.15, 0.2) is 0 Å². The van der Waals surface area contributed by atoms with Crippen LogP contribution in [0.3, 0.4) is 0 Å². The van der Waals surface area contributed by atoms with Crippen molar-refractivity contribution in [3.8, 4) is 5.75 Å². The van der Waals surface area contributed by atoms with Crippen LogP contribution in [0.2, 0.25) is 0 Å².